The van der Waals surface area contributed by atoms with Gasteiger partial charge in [-0.25, -0.2) is 4.98 Å². The summed E-state index contributed by atoms with van der Waals surface area (Å²) in [7, 11) is 0. The van der Waals surface area contributed by atoms with E-state index >= 15 is 0 Å². The fourth-order valence-electron chi connectivity index (χ4n) is 9.14. The van der Waals surface area contributed by atoms with E-state index in [2.05, 4.69) is 162 Å². The van der Waals surface area contributed by atoms with Crippen molar-refractivity contribution < 1.29 is 64.9 Å². The fraction of sp³-hybridized carbons (Fsp3) is 0.292. The van der Waals surface area contributed by atoms with Gasteiger partial charge in [0.25, 0.3) is 12.9 Å². The first kappa shape index (κ1) is 65.4. The molecule has 7 aromatic heterocycles. The smallest absolute Gasteiger partial charge is 0.573 e. The number of thiophene rings is 1. The quantitative estimate of drug-likeness (QED) is 0.0403. The number of carbonyl (C=O) groups excluding carboxylic acids is 2. The number of benzene rings is 2. The number of rotatable bonds is 20. The maximum atomic E-state index is 13.0. The summed E-state index contributed by atoms with van der Waals surface area (Å²) in [6.45, 7) is 18.3. The van der Waals surface area contributed by atoms with Crippen LogP contribution < -0.4 is 24.6 Å². The Bertz CT molecular complexity index is 3610. The van der Waals surface area contributed by atoms with Crippen molar-refractivity contribution in [2.24, 2.45) is 5.92 Å². The van der Waals surface area contributed by atoms with Gasteiger partial charge in [0, 0.05) is 46.8 Å². The van der Waals surface area contributed by atoms with E-state index in [1.807, 2.05) is 18.2 Å². The van der Waals surface area contributed by atoms with Crippen LogP contribution in [0.15, 0.2) is 134 Å². The maximum absolute atomic E-state index is 13.0. The molecule has 0 spiro atoms. The van der Waals surface area contributed by atoms with E-state index in [4.69, 9.17) is 14.5 Å². The SMILES string of the molecule is CC(C)(C)c1ccc(N(c2ccc(C(C)(C)C)cc2)c2ccc(/C=C/c3ccnc(-c4cc(OC=O)cc(-c5cc(OC=O)ccn5)n4)c3)s2)cc1.CCCCC(CC)CCc1cc(-c2cc(C(F)(F)F)n[n-]2)nc(-c2cc(C(F)(F)F)n[n-]2)c1.[Ru+2]. The average Bonchev–Trinajstić information content (AvgIpc) is 3.90. The van der Waals surface area contributed by atoms with E-state index in [1.165, 1.54) is 17.3 Å². The number of aryl methyl sites for hydroxylation is 1. The van der Waals surface area contributed by atoms with Crippen LogP contribution in [0.25, 0.3) is 57.7 Å². The van der Waals surface area contributed by atoms with Gasteiger partial charge in [-0.15, -0.1) is 11.3 Å². The maximum Gasteiger partial charge on any atom is 2.00 e. The number of hydrogen-bond donors (Lipinski definition) is 0. The Hall–Kier alpha value is -8.16. The molecule has 0 aliphatic carbocycles. The number of ether oxygens (including phenoxy) is 2. The van der Waals surface area contributed by atoms with Gasteiger partial charge in [-0.05, 0) is 137 Å². The molecule has 0 amide bonds. The van der Waals surface area contributed by atoms with Crippen molar-refractivity contribution >= 4 is 52.8 Å². The topological polar surface area (TPSA) is 161 Å². The number of nitrogens with zero attached hydrogens (tertiary/aromatic N) is 9. The third-order valence-electron chi connectivity index (χ3n) is 13.9. The van der Waals surface area contributed by atoms with E-state index in [1.54, 1.807) is 53.9 Å². The molecular weight excluding hydrogens is 1220 g/mol. The van der Waals surface area contributed by atoms with Gasteiger partial charge in [-0.3, -0.25) is 24.5 Å². The second-order valence-corrected chi connectivity index (χ2v) is 23.3. The van der Waals surface area contributed by atoms with Crippen molar-refractivity contribution in [3.8, 4) is 57.1 Å². The number of anilines is 3. The molecule has 9 rings (SSSR count). The van der Waals surface area contributed by atoms with Gasteiger partial charge in [-0.2, -0.15) is 26.3 Å². The van der Waals surface area contributed by atoms with Crippen LogP contribution in [0.3, 0.4) is 0 Å². The summed E-state index contributed by atoms with van der Waals surface area (Å²) in [5, 5.41) is 14.6. The summed E-state index contributed by atoms with van der Waals surface area (Å²) >= 11 is 1.70. The van der Waals surface area contributed by atoms with Crippen LogP contribution in [0, 0.1) is 5.92 Å². The van der Waals surface area contributed by atoms with E-state index in [9.17, 15) is 35.9 Å². The van der Waals surface area contributed by atoms with Crippen molar-refractivity contribution in [1.29, 1.82) is 0 Å². The molecule has 0 fully saturated rings. The molecule has 0 saturated carbocycles. The van der Waals surface area contributed by atoms with Crippen molar-refractivity contribution in [3.63, 3.8) is 0 Å². The van der Waals surface area contributed by atoms with Crippen LogP contribution in [-0.2, 0) is 58.7 Å². The Kier molecular flexibility index (Phi) is 21.6. The van der Waals surface area contributed by atoms with Gasteiger partial charge >= 0.3 is 31.8 Å². The summed E-state index contributed by atoms with van der Waals surface area (Å²) < 4.78 is 87.9. The molecule has 0 radical (unpaired) electrons. The van der Waals surface area contributed by atoms with Gasteiger partial charge in [-0.1, -0.05) is 123 Å². The van der Waals surface area contributed by atoms with Crippen LogP contribution in [0.5, 0.6) is 11.5 Å². The third-order valence-corrected chi connectivity index (χ3v) is 15.0. The minimum Gasteiger partial charge on any atom is -0.573 e. The zero-order chi connectivity index (χ0) is 61.1. The number of alkyl halides is 6. The minimum atomic E-state index is -4.67. The Morgan fingerprint density at radius 2 is 1.07 bits per heavy atom. The molecule has 7 heterocycles. The van der Waals surface area contributed by atoms with E-state index in [0.717, 1.165) is 76.6 Å². The number of unbranched alkanes of at least 4 members (excludes halogenated alkanes) is 1. The van der Waals surface area contributed by atoms with Crippen LogP contribution >= 0.6 is 11.3 Å². The fourth-order valence-corrected chi connectivity index (χ4v) is 10.1. The van der Waals surface area contributed by atoms with E-state index in [0.29, 0.717) is 53.8 Å². The monoisotopic (exact) mass is 1280 g/mol. The number of halogens is 6. The summed E-state index contributed by atoms with van der Waals surface area (Å²) in [6.07, 6.45) is 3.65. The van der Waals surface area contributed by atoms with Gasteiger partial charge < -0.3 is 34.8 Å². The summed E-state index contributed by atoms with van der Waals surface area (Å²) in [4.78, 5) is 43.4. The van der Waals surface area contributed by atoms with E-state index in [-0.39, 0.29) is 58.8 Å². The molecule has 13 nitrogen and oxygen atoms in total. The molecule has 0 aliphatic heterocycles. The van der Waals surface area contributed by atoms with Gasteiger partial charge in [0.1, 0.15) is 27.9 Å². The predicted octanol–water partition coefficient (Wildman–Crippen LogP) is 16.9. The molecule has 86 heavy (non-hydrogen) atoms. The molecule has 2 aromatic carbocycles. The van der Waals surface area contributed by atoms with E-state index < -0.39 is 23.7 Å². The Morgan fingerprint density at radius 3 is 1.56 bits per heavy atom. The Balaban J connectivity index is 0.000000269. The minimum absolute atomic E-state index is 0. The van der Waals surface area contributed by atoms with Gasteiger partial charge in [0.2, 0.25) is 0 Å². The average molecular weight is 1280 g/mol. The Labute approximate surface area is 512 Å². The molecule has 1 unspecified atom stereocenters. The predicted molar refractivity (Wildman–Crippen MR) is 318 cm³/mol. The first-order chi connectivity index (χ1) is 40.4. The molecule has 0 bridgehead atoms. The van der Waals surface area contributed by atoms with Crippen LogP contribution in [-0.4, -0.2) is 43.1 Å². The van der Waals surface area contributed by atoms with Crippen molar-refractivity contribution in [2.75, 3.05) is 4.90 Å². The molecule has 0 aliphatic rings. The molecule has 0 N–H and O–H groups in total. The number of carbonyl (C=O) groups is 2. The van der Waals surface area contributed by atoms with Crippen LogP contribution in [0.4, 0.5) is 42.7 Å². The number of aromatic nitrogens is 8. The van der Waals surface area contributed by atoms with Crippen molar-refractivity contribution in [1.82, 2.24) is 40.3 Å². The Morgan fingerprint density at radius 1 is 0.570 bits per heavy atom. The second-order valence-electron chi connectivity index (χ2n) is 22.2. The molecule has 21 heteroatoms. The molecule has 0 saturated heterocycles. The molecule has 448 valence electrons. The van der Waals surface area contributed by atoms with Crippen molar-refractivity contribution in [2.45, 2.75) is 117 Å². The second kappa shape index (κ2) is 28.4. The standard InChI is InChI=1S/C43H40N4O4S.C22H23F6N5.Ru/c1-42(2,3)30-8-12-32(13-9-30)47(33-14-10-31(11-15-33)43(4,5)6)41-18-17-36(52-41)16-7-29-19-21-44-37(23-29)39-25-35(51-28-49)26-40(46-39)38-24-34(50-27-48)20-22-45-38;1-3-5-6-13(4-2)7-8-14-9-15(17-11-19(32-30-17)21(23,24)25)29-16(10-14)18-12-20(33-31-18)22(26,27)28;/h7-28H,1-6H3;9-13H,3-8H2,1-2H3;/q;-2;+2/b16-7+;;. The number of hydrogen-bond acceptors (Lipinski definition) is 12. The van der Waals surface area contributed by atoms with Crippen LogP contribution in [0.2, 0.25) is 0 Å². The van der Waals surface area contributed by atoms with Crippen LogP contribution in [0.1, 0.15) is 126 Å². The summed E-state index contributed by atoms with van der Waals surface area (Å²) in [5.74, 6) is 1.06. The summed E-state index contributed by atoms with van der Waals surface area (Å²) in [5.41, 5.74) is 6.07. The third kappa shape index (κ3) is 17.3. The van der Waals surface area contributed by atoms with Gasteiger partial charge in [0.15, 0.2) is 0 Å². The first-order valence-electron chi connectivity index (χ1n) is 27.5. The van der Waals surface area contributed by atoms with Gasteiger partial charge in [0.05, 0.1) is 34.2 Å². The zero-order valence-corrected chi connectivity index (χ0v) is 51.1. The first-order valence-corrected chi connectivity index (χ1v) is 28.4. The normalized spacial score (nSPS) is 12.3. The zero-order valence-electron chi connectivity index (χ0n) is 48.5. The molecular formula is C65H63F6N9O4RuS. The molecule has 1 atom stereocenters. The molecule has 9 aromatic rings. The summed E-state index contributed by atoms with van der Waals surface area (Å²) in [6, 6.07) is 36.9. The number of pyridine rings is 4. The van der Waals surface area contributed by atoms with Crippen molar-refractivity contribution in [3.05, 3.63) is 172 Å². The largest absolute Gasteiger partial charge is 2.00 e.